The normalized spacial score (nSPS) is 15.8. The molecule has 80 heavy (non-hydrogen) atoms. The van der Waals surface area contributed by atoms with E-state index in [2.05, 4.69) is 0 Å². The summed E-state index contributed by atoms with van der Waals surface area (Å²) < 4.78 is 536. The maximum Gasteiger partial charge on any atom is 0.460 e. The molecule has 0 fully saturated rings. The minimum Gasteiger partial charge on any atom is -0.286 e. The Morgan fingerprint density at radius 3 is 0.762 bits per heavy atom. The second-order valence-electron chi connectivity index (χ2n) is 16.8. The molecule has 0 aromatic carbocycles. The number of imidazole rings is 2. The Balaban J connectivity index is 2.78. The third-order valence-corrected chi connectivity index (χ3v) is 12.7. The summed E-state index contributed by atoms with van der Waals surface area (Å²) >= 11 is 0. The van der Waals surface area contributed by atoms with Crippen molar-refractivity contribution in [2.75, 3.05) is 11.5 Å². The summed E-state index contributed by atoms with van der Waals surface area (Å²) in [5, 5.41) is 0. The van der Waals surface area contributed by atoms with Gasteiger partial charge in [0.15, 0.2) is 0 Å². The molecule has 0 saturated carbocycles. The van der Waals surface area contributed by atoms with Crippen molar-refractivity contribution in [3.8, 4) is 11.6 Å². The standard InChI is InChI=1S/C34H28F34N4O6S2/c35-19(36,21(39,40)23(43,44)25(47,48)27(51,52)29(55,56)31(59,60)33(63,64)65)5-1-7-69-11-13-71(9-3-15-79(73,74)75)17(69)18-70(12-14-72(18)10-4-16-80(76,77)78)8-2-6-20(37,38)22(41,42)24(45,46)26(49,50)28(53,54)30(57,58)32(61,62)34(66,67)68/h11-14H,1-10,15-16H2/p+2. The van der Waals surface area contributed by atoms with Crippen molar-refractivity contribution in [3.63, 3.8) is 0 Å². The van der Waals surface area contributed by atoms with E-state index in [-0.39, 0.29) is 9.13 Å². The van der Waals surface area contributed by atoms with Crippen LogP contribution in [0.15, 0.2) is 24.8 Å². The zero-order chi connectivity index (χ0) is 63.8. The van der Waals surface area contributed by atoms with Crippen LogP contribution >= 0.6 is 0 Å². The molecule has 46 heteroatoms. The van der Waals surface area contributed by atoms with E-state index in [1.807, 2.05) is 0 Å². The average molecular weight is 1300 g/mol. The Hall–Kier alpha value is -4.14. The van der Waals surface area contributed by atoms with Crippen molar-refractivity contribution in [1.82, 2.24) is 9.13 Å². The van der Waals surface area contributed by atoms with Crippen molar-refractivity contribution in [1.29, 1.82) is 0 Å². The van der Waals surface area contributed by atoms with E-state index >= 15 is 0 Å². The van der Waals surface area contributed by atoms with E-state index < -0.39 is 203 Å². The van der Waals surface area contributed by atoms with Crippen molar-refractivity contribution in [2.24, 2.45) is 0 Å². The number of aromatic nitrogens is 4. The highest BCUT2D eigenvalue weighted by Gasteiger charge is 2.97. The quantitative estimate of drug-likeness (QED) is 0.0475. The lowest BCUT2D eigenvalue weighted by Crippen LogP contribution is -2.74. The maximum atomic E-state index is 14.9. The molecule has 2 aromatic heterocycles. The van der Waals surface area contributed by atoms with E-state index in [1.165, 1.54) is 0 Å². The molecule has 2 N–H and O–H groups in total. The fourth-order valence-corrected chi connectivity index (χ4v) is 7.64. The zero-order valence-electron chi connectivity index (χ0n) is 37.8. The van der Waals surface area contributed by atoms with Crippen LogP contribution in [0.5, 0.6) is 0 Å². The van der Waals surface area contributed by atoms with Crippen molar-refractivity contribution in [2.45, 2.75) is 160 Å². The van der Waals surface area contributed by atoms with Gasteiger partial charge in [-0.2, -0.15) is 166 Å². The molecule has 470 valence electrons. The third kappa shape index (κ3) is 12.1. The molecule has 0 radical (unpaired) electrons. The fraction of sp³-hybridized carbons (Fsp3) is 0.824. The number of alkyl halides is 34. The van der Waals surface area contributed by atoms with Gasteiger partial charge in [0.2, 0.25) is 0 Å². The Kier molecular flexibility index (Phi) is 19.3. The topological polar surface area (TPSA) is 126 Å². The van der Waals surface area contributed by atoms with Gasteiger partial charge in [-0.15, -0.1) is 0 Å². The average Bonchev–Trinajstić information content (AvgIpc) is 3.82. The van der Waals surface area contributed by atoms with Crippen molar-refractivity contribution < 1.29 is 184 Å². The molecular formula is C34H30F34N4O6S2+2. The predicted octanol–water partition coefficient (Wildman–Crippen LogP) is 11.7. The first-order valence-corrected chi connectivity index (χ1v) is 23.6. The smallest absolute Gasteiger partial charge is 0.286 e. The molecule has 0 aliphatic carbocycles. The summed E-state index contributed by atoms with van der Waals surface area (Å²) in [4.78, 5) is 0. The molecule has 0 atom stereocenters. The highest BCUT2D eigenvalue weighted by Crippen LogP contribution is 2.66. The summed E-state index contributed by atoms with van der Waals surface area (Å²) in [7, 11) is -10.1. The van der Waals surface area contributed by atoms with Gasteiger partial charge < -0.3 is 0 Å². The Bertz CT molecular complexity index is 2530. The van der Waals surface area contributed by atoms with E-state index in [1.54, 1.807) is 0 Å². The van der Waals surface area contributed by atoms with Gasteiger partial charge >= 0.3 is 107 Å². The monoisotopic (exact) mass is 1300 g/mol. The minimum absolute atomic E-state index is 0.261. The Morgan fingerprint density at radius 2 is 0.550 bits per heavy atom. The van der Waals surface area contributed by atoms with Crippen LogP contribution in [0.1, 0.15) is 38.5 Å². The summed E-state index contributed by atoms with van der Waals surface area (Å²) in [5.41, 5.74) is 0. The molecule has 2 heterocycles. The molecule has 0 aliphatic heterocycles. The van der Waals surface area contributed by atoms with Crippen LogP contribution in [0.4, 0.5) is 149 Å². The largest absolute Gasteiger partial charge is 0.460 e. The SMILES string of the molecule is O=S(=O)(O)CCC[n+]1ccn(CCCC(F)(F)C(F)(F)C(F)(F)C(F)(F)C(F)(F)C(F)(F)C(F)(F)C(F)(F)F)c1-c1n(CCCC(F)(F)C(F)(F)C(F)(F)C(F)(F)C(F)(F)C(F)(F)C(F)(F)C(F)(F)F)cc[n+]1CCCS(=O)(=O)O. The van der Waals surface area contributed by atoms with E-state index in [9.17, 15) is 166 Å². The van der Waals surface area contributed by atoms with Crippen LogP contribution in [0, 0.1) is 0 Å². The predicted molar refractivity (Wildman–Crippen MR) is 190 cm³/mol. The van der Waals surface area contributed by atoms with Crippen LogP contribution < -0.4 is 9.13 Å². The van der Waals surface area contributed by atoms with Crippen LogP contribution in [0.2, 0.25) is 0 Å². The van der Waals surface area contributed by atoms with Crippen LogP contribution in [0.25, 0.3) is 11.6 Å². The zero-order valence-corrected chi connectivity index (χ0v) is 39.4. The Morgan fingerprint density at radius 1 is 0.338 bits per heavy atom. The summed E-state index contributed by atoms with van der Waals surface area (Å²) in [6.07, 6.45) is -26.3. The van der Waals surface area contributed by atoms with E-state index in [0.717, 1.165) is 0 Å². The van der Waals surface area contributed by atoms with Gasteiger partial charge in [-0.1, -0.05) is 0 Å². The lowest BCUT2D eigenvalue weighted by atomic mass is 9.88. The van der Waals surface area contributed by atoms with E-state index in [4.69, 9.17) is 9.11 Å². The van der Waals surface area contributed by atoms with Gasteiger partial charge in [0.05, 0.1) is 37.7 Å². The summed E-state index contributed by atoms with van der Waals surface area (Å²) in [5.74, 6) is -123. The van der Waals surface area contributed by atoms with Gasteiger partial charge in [-0.25, -0.2) is 18.3 Å². The summed E-state index contributed by atoms with van der Waals surface area (Å²) in [6.45, 7) is -5.18. The van der Waals surface area contributed by atoms with Gasteiger partial charge in [0, 0.05) is 25.7 Å². The van der Waals surface area contributed by atoms with Gasteiger partial charge in [-0.05, 0) is 12.8 Å². The first-order valence-electron chi connectivity index (χ1n) is 20.4. The fourth-order valence-electron chi connectivity index (χ4n) is 6.65. The first kappa shape index (κ1) is 72.0. The Labute approximate surface area is 421 Å². The molecule has 0 saturated heterocycles. The van der Waals surface area contributed by atoms with Crippen LogP contribution in [-0.2, 0) is 46.4 Å². The second-order valence-corrected chi connectivity index (χ2v) is 19.9. The first-order chi connectivity index (χ1) is 34.8. The van der Waals surface area contributed by atoms with E-state index in [0.29, 0.717) is 33.9 Å². The van der Waals surface area contributed by atoms with Crippen LogP contribution in [-0.4, -0.2) is 142 Å². The summed E-state index contributed by atoms with van der Waals surface area (Å²) in [6, 6.07) is 0. The van der Waals surface area contributed by atoms with Crippen molar-refractivity contribution in [3.05, 3.63) is 24.8 Å². The molecule has 2 aromatic rings. The number of aryl methyl sites for hydroxylation is 4. The number of halogens is 34. The number of rotatable bonds is 29. The molecular weight excluding hydrogens is 1270 g/mol. The number of nitrogens with zero attached hydrogens (tertiary/aromatic N) is 4. The van der Waals surface area contributed by atoms with Crippen LogP contribution in [0.3, 0.4) is 0 Å². The second kappa shape index (κ2) is 21.5. The third-order valence-electron chi connectivity index (χ3n) is 11.1. The van der Waals surface area contributed by atoms with Crippen molar-refractivity contribution >= 4 is 20.2 Å². The minimum atomic E-state index is -9.02. The van der Waals surface area contributed by atoms with Gasteiger partial charge in [-0.3, -0.25) is 9.11 Å². The highest BCUT2D eigenvalue weighted by atomic mass is 32.2. The number of hydrogen-bond acceptors (Lipinski definition) is 4. The molecule has 0 bridgehead atoms. The lowest BCUT2D eigenvalue weighted by molar-refractivity contribution is -0.714. The molecule has 0 spiro atoms. The number of hydrogen-bond donors (Lipinski definition) is 2. The maximum absolute atomic E-state index is 14.9. The molecule has 0 unspecified atom stereocenters. The van der Waals surface area contributed by atoms with Gasteiger partial charge in [0.25, 0.3) is 20.2 Å². The molecule has 2 rings (SSSR count). The molecule has 10 nitrogen and oxygen atoms in total. The lowest BCUT2D eigenvalue weighted by Gasteiger charge is -2.42. The highest BCUT2D eigenvalue weighted by molar-refractivity contribution is 7.86. The molecule has 0 amide bonds. The van der Waals surface area contributed by atoms with Gasteiger partial charge in [0.1, 0.15) is 24.8 Å². The molecule has 0 aliphatic rings.